The van der Waals surface area contributed by atoms with E-state index in [4.69, 9.17) is 5.73 Å². The Bertz CT molecular complexity index is 417. The van der Waals surface area contributed by atoms with Gasteiger partial charge in [0, 0.05) is 13.2 Å². The van der Waals surface area contributed by atoms with Crippen LogP contribution in [0.1, 0.15) is 13.3 Å². The first kappa shape index (κ1) is 14.7. The van der Waals surface area contributed by atoms with E-state index in [9.17, 15) is 9.59 Å². The minimum atomic E-state index is -0.574. The lowest BCUT2D eigenvalue weighted by Gasteiger charge is -2.09. The van der Waals surface area contributed by atoms with Crippen molar-refractivity contribution >= 4 is 24.0 Å². The predicted octanol–water partition coefficient (Wildman–Crippen LogP) is 0.483. The summed E-state index contributed by atoms with van der Waals surface area (Å²) in [6, 6.07) is 2.67. The van der Waals surface area contributed by atoms with Crippen LogP contribution in [0.4, 0.5) is 5.69 Å². The van der Waals surface area contributed by atoms with Crippen molar-refractivity contribution in [3.05, 3.63) is 28.7 Å². The summed E-state index contributed by atoms with van der Waals surface area (Å²) in [6.07, 6.45) is 2.16. The number of amides is 1. The lowest BCUT2D eigenvalue weighted by molar-refractivity contribution is -0.117. The van der Waals surface area contributed by atoms with E-state index in [0.29, 0.717) is 6.42 Å². The Morgan fingerprint density at radius 1 is 1.62 bits per heavy atom. The Morgan fingerprint density at radius 3 is 2.81 bits per heavy atom. The number of hydrogen-bond donors (Lipinski definition) is 2. The van der Waals surface area contributed by atoms with Gasteiger partial charge in [-0.15, -0.1) is 12.4 Å². The molecule has 0 aliphatic rings. The van der Waals surface area contributed by atoms with E-state index in [2.05, 4.69) is 5.32 Å². The summed E-state index contributed by atoms with van der Waals surface area (Å²) in [5, 5.41) is 2.50. The van der Waals surface area contributed by atoms with Crippen molar-refractivity contribution in [3.8, 4) is 0 Å². The number of nitrogens with one attached hydrogen (secondary N) is 1. The van der Waals surface area contributed by atoms with Crippen LogP contribution in [0.5, 0.6) is 0 Å². The maximum Gasteiger partial charge on any atom is 0.274 e. The van der Waals surface area contributed by atoms with Gasteiger partial charge in [-0.1, -0.05) is 6.92 Å². The van der Waals surface area contributed by atoms with Gasteiger partial charge in [0.1, 0.15) is 5.69 Å². The number of aromatic nitrogens is 1. The van der Waals surface area contributed by atoms with Crippen molar-refractivity contribution in [1.82, 2.24) is 4.57 Å². The lowest BCUT2D eigenvalue weighted by atomic mass is 10.2. The molecule has 0 aliphatic carbocycles. The van der Waals surface area contributed by atoms with Crippen LogP contribution < -0.4 is 16.6 Å². The SMILES string of the molecule is CC[C@H](N)C(=O)Nc1cccn(C)c1=O.Cl. The second-order valence-corrected chi connectivity index (χ2v) is 3.34. The molecular formula is C10H16ClN3O2. The van der Waals surface area contributed by atoms with Gasteiger partial charge in [0.15, 0.2) is 0 Å². The second kappa shape index (κ2) is 6.30. The molecular weight excluding hydrogens is 230 g/mol. The van der Waals surface area contributed by atoms with Crippen LogP contribution in [0, 0.1) is 0 Å². The van der Waals surface area contributed by atoms with Gasteiger partial charge in [0.2, 0.25) is 5.91 Å². The number of nitrogens with two attached hydrogens (primary N) is 1. The molecule has 0 saturated carbocycles. The fourth-order valence-electron chi connectivity index (χ4n) is 1.10. The number of nitrogens with zero attached hydrogens (tertiary/aromatic N) is 1. The monoisotopic (exact) mass is 245 g/mol. The summed E-state index contributed by atoms with van der Waals surface area (Å²) in [5.41, 5.74) is 5.55. The highest BCUT2D eigenvalue weighted by Gasteiger charge is 2.12. The van der Waals surface area contributed by atoms with Crippen LogP contribution in [0.3, 0.4) is 0 Å². The number of halogens is 1. The minimum absolute atomic E-state index is 0. The van der Waals surface area contributed by atoms with E-state index < -0.39 is 6.04 Å². The zero-order valence-corrected chi connectivity index (χ0v) is 10.1. The third-order valence-electron chi connectivity index (χ3n) is 2.16. The topological polar surface area (TPSA) is 77.1 Å². The van der Waals surface area contributed by atoms with Crippen molar-refractivity contribution < 1.29 is 4.79 Å². The van der Waals surface area contributed by atoms with Crippen molar-refractivity contribution in [2.45, 2.75) is 19.4 Å². The number of anilines is 1. The number of pyridine rings is 1. The van der Waals surface area contributed by atoms with Crippen molar-refractivity contribution in [3.63, 3.8) is 0 Å². The van der Waals surface area contributed by atoms with Crippen LogP contribution in [-0.2, 0) is 11.8 Å². The van der Waals surface area contributed by atoms with Crippen LogP contribution in [0.2, 0.25) is 0 Å². The number of carbonyl (C=O) groups is 1. The average molecular weight is 246 g/mol. The number of carbonyl (C=O) groups excluding carboxylic acids is 1. The van der Waals surface area contributed by atoms with Gasteiger partial charge in [-0.25, -0.2) is 0 Å². The fourth-order valence-corrected chi connectivity index (χ4v) is 1.10. The van der Waals surface area contributed by atoms with E-state index >= 15 is 0 Å². The Balaban J connectivity index is 0.00000225. The zero-order valence-electron chi connectivity index (χ0n) is 9.27. The van der Waals surface area contributed by atoms with Crippen molar-refractivity contribution in [2.24, 2.45) is 12.8 Å². The predicted molar refractivity (Wildman–Crippen MR) is 65.8 cm³/mol. The summed E-state index contributed by atoms with van der Waals surface area (Å²) >= 11 is 0. The molecule has 3 N–H and O–H groups in total. The summed E-state index contributed by atoms with van der Waals surface area (Å²) in [4.78, 5) is 22.9. The van der Waals surface area contributed by atoms with Gasteiger partial charge < -0.3 is 15.6 Å². The average Bonchev–Trinajstić information content (AvgIpc) is 2.23. The largest absolute Gasteiger partial charge is 0.320 e. The molecule has 0 aliphatic heterocycles. The van der Waals surface area contributed by atoms with Gasteiger partial charge >= 0.3 is 0 Å². The fraction of sp³-hybridized carbons (Fsp3) is 0.400. The Kier molecular flexibility index (Phi) is 5.77. The Labute approximate surface area is 100 Å². The van der Waals surface area contributed by atoms with Crippen LogP contribution in [0.25, 0.3) is 0 Å². The van der Waals surface area contributed by atoms with Gasteiger partial charge in [-0.05, 0) is 18.6 Å². The zero-order chi connectivity index (χ0) is 11.4. The molecule has 1 heterocycles. The van der Waals surface area contributed by atoms with Crippen LogP contribution >= 0.6 is 12.4 Å². The summed E-state index contributed by atoms with van der Waals surface area (Å²) in [6.45, 7) is 1.81. The number of aryl methyl sites for hydroxylation is 1. The molecule has 1 aromatic heterocycles. The highest BCUT2D eigenvalue weighted by atomic mass is 35.5. The van der Waals surface area contributed by atoms with Gasteiger partial charge in [0.25, 0.3) is 5.56 Å². The molecule has 5 nitrogen and oxygen atoms in total. The van der Waals surface area contributed by atoms with E-state index in [1.165, 1.54) is 4.57 Å². The molecule has 0 fully saturated rings. The van der Waals surface area contributed by atoms with Gasteiger partial charge in [-0.3, -0.25) is 9.59 Å². The van der Waals surface area contributed by atoms with Crippen LogP contribution in [0.15, 0.2) is 23.1 Å². The maximum absolute atomic E-state index is 11.5. The Hall–Kier alpha value is -1.33. The van der Waals surface area contributed by atoms with E-state index in [1.54, 1.807) is 25.4 Å². The third kappa shape index (κ3) is 3.36. The number of rotatable bonds is 3. The number of hydrogen-bond acceptors (Lipinski definition) is 3. The molecule has 0 aromatic carbocycles. The van der Waals surface area contributed by atoms with Crippen molar-refractivity contribution in [2.75, 3.05) is 5.32 Å². The first-order valence-corrected chi connectivity index (χ1v) is 4.78. The Morgan fingerprint density at radius 2 is 2.25 bits per heavy atom. The highest BCUT2D eigenvalue weighted by molar-refractivity contribution is 5.94. The molecule has 0 saturated heterocycles. The third-order valence-corrected chi connectivity index (χ3v) is 2.16. The normalized spacial score (nSPS) is 11.4. The summed E-state index contributed by atoms with van der Waals surface area (Å²) in [7, 11) is 1.62. The minimum Gasteiger partial charge on any atom is -0.320 e. The van der Waals surface area contributed by atoms with Crippen molar-refractivity contribution in [1.29, 1.82) is 0 Å². The molecule has 0 unspecified atom stereocenters. The van der Waals surface area contributed by atoms with Gasteiger partial charge in [-0.2, -0.15) is 0 Å². The standard InChI is InChI=1S/C10H15N3O2.ClH/c1-3-7(11)9(14)12-8-5-4-6-13(2)10(8)15;/h4-7H,3,11H2,1-2H3,(H,12,14);1H/t7-;/m0./s1. The molecule has 1 atom stereocenters. The molecule has 6 heteroatoms. The molecule has 1 aromatic rings. The molecule has 1 rings (SSSR count). The first-order valence-electron chi connectivity index (χ1n) is 4.78. The summed E-state index contributed by atoms with van der Waals surface area (Å²) in [5.74, 6) is -0.333. The molecule has 0 bridgehead atoms. The molecule has 0 radical (unpaired) electrons. The first-order chi connectivity index (χ1) is 7.06. The van der Waals surface area contributed by atoms with E-state index in [1.807, 2.05) is 6.92 Å². The van der Waals surface area contributed by atoms with Crippen LogP contribution in [-0.4, -0.2) is 16.5 Å². The highest BCUT2D eigenvalue weighted by Crippen LogP contribution is 1.99. The molecule has 16 heavy (non-hydrogen) atoms. The molecule has 90 valence electrons. The second-order valence-electron chi connectivity index (χ2n) is 3.34. The lowest BCUT2D eigenvalue weighted by Crippen LogP contribution is -2.36. The molecule has 0 spiro atoms. The molecule has 1 amide bonds. The quantitative estimate of drug-likeness (QED) is 0.813. The smallest absolute Gasteiger partial charge is 0.274 e. The van der Waals surface area contributed by atoms with Gasteiger partial charge in [0.05, 0.1) is 6.04 Å². The van der Waals surface area contributed by atoms with E-state index in [0.717, 1.165) is 0 Å². The summed E-state index contributed by atoms with van der Waals surface area (Å²) < 4.78 is 1.40. The maximum atomic E-state index is 11.5. The van der Waals surface area contributed by atoms with E-state index in [-0.39, 0.29) is 29.6 Å².